The van der Waals surface area contributed by atoms with Gasteiger partial charge in [0, 0.05) is 18.1 Å². The summed E-state index contributed by atoms with van der Waals surface area (Å²) in [4.78, 5) is 15.5. The Balaban J connectivity index is 3.52. The van der Waals surface area contributed by atoms with Crippen molar-refractivity contribution in [2.24, 2.45) is 5.16 Å². The SMILES string of the molecule is CCOc1c(C(C)(C)C)cc(/C=N/OC(C)=O)cc1C(C)(C)C. The molecule has 0 aliphatic rings. The van der Waals surface area contributed by atoms with E-state index in [1.165, 1.54) is 6.92 Å². The van der Waals surface area contributed by atoms with Crippen molar-refractivity contribution in [3.63, 3.8) is 0 Å². The van der Waals surface area contributed by atoms with Crippen LogP contribution in [-0.4, -0.2) is 18.8 Å². The van der Waals surface area contributed by atoms with Crippen LogP contribution in [0.3, 0.4) is 0 Å². The van der Waals surface area contributed by atoms with Crippen molar-refractivity contribution in [3.8, 4) is 5.75 Å². The van der Waals surface area contributed by atoms with E-state index in [2.05, 4.69) is 51.5 Å². The molecule has 0 unspecified atom stereocenters. The summed E-state index contributed by atoms with van der Waals surface area (Å²) in [6.07, 6.45) is 1.57. The molecule has 0 N–H and O–H groups in total. The highest BCUT2D eigenvalue weighted by molar-refractivity contribution is 5.82. The van der Waals surface area contributed by atoms with E-state index >= 15 is 0 Å². The summed E-state index contributed by atoms with van der Waals surface area (Å²) < 4.78 is 5.99. The van der Waals surface area contributed by atoms with Gasteiger partial charge in [-0.2, -0.15) is 0 Å². The number of nitrogens with zero attached hydrogens (tertiary/aromatic N) is 1. The summed E-state index contributed by atoms with van der Waals surface area (Å²) in [5, 5.41) is 3.75. The Hall–Kier alpha value is -1.84. The van der Waals surface area contributed by atoms with Gasteiger partial charge in [-0.15, -0.1) is 0 Å². The zero-order chi connectivity index (χ0) is 17.8. The van der Waals surface area contributed by atoms with Gasteiger partial charge >= 0.3 is 5.97 Å². The van der Waals surface area contributed by atoms with Crippen LogP contribution in [0, 0.1) is 0 Å². The third-order valence-electron chi connectivity index (χ3n) is 3.40. The number of hydrogen-bond donors (Lipinski definition) is 0. The normalized spacial score (nSPS) is 12.5. The lowest BCUT2D eigenvalue weighted by Gasteiger charge is -2.30. The second-order valence-corrected chi connectivity index (χ2v) is 7.70. The van der Waals surface area contributed by atoms with E-state index in [9.17, 15) is 4.79 Å². The molecule has 1 rings (SSSR count). The molecule has 0 heterocycles. The number of carbonyl (C=O) groups is 1. The van der Waals surface area contributed by atoms with Crippen molar-refractivity contribution < 1.29 is 14.4 Å². The van der Waals surface area contributed by atoms with E-state index < -0.39 is 5.97 Å². The molecule has 0 saturated heterocycles. The maximum Gasteiger partial charge on any atom is 0.331 e. The molecule has 0 aliphatic heterocycles. The van der Waals surface area contributed by atoms with Crippen LogP contribution in [0.25, 0.3) is 0 Å². The molecule has 0 radical (unpaired) electrons. The Kier molecular flexibility index (Phi) is 5.98. The van der Waals surface area contributed by atoms with Gasteiger partial charge in [0.25, 0.3) is 0 Å². The molecule has 4 heteroatoms. The van der Waals surface area contributed by atoms with Gasteiger partial charge in [-0.1, -0.05) is 46.7 Å². The second-order valence-electron chi connectivity index (χ2n) is 7.70. The zero-order valence-corrected chi connectivity index (χ0v) is 15.6. The molecular weight excluding hydrogens is 290 g/mol. The van der Waals surface area contributed by atoms with E-state index in [-0.39, 0.29) is 10.8 Å². The fourth-order valence-corrected chi connectivity index (χ4v) is 2.30. The van der Waals surface area contributed by atoms with Crippen LogP contribution in [0.15, 0.2) is 17.3 Å². The quantitative estimate of drug-likeness (QED) is 0.464. The summed E-state index contributed by atoms with van der Waals surface area (Å²) in [5.41, 5.74) is 2.99. The van der Waals surface area contributed by atoms with Crippen LogP contribution in [-0.2, 0) is 20.5 Å². The Bertz CT molecular complexity index is 555. The minimum absolute atomic E-state index is 0.0736. The highest BCUT2D eigenvalue weighted by Crippen LogP contribution is 2.40. The van der Waals surface area contributed by atoms with Gasteiger partial charge in [-0.25, -0.2) is 4.79 Å². The van der Waals surface area contributed by atoms with Crippen molar-refractivity contribution in [2.75, 3.05) is 6.61 Å². The predicted octanol–water partition coefficient (Wildman–Crippen LogP) is 4.58. The topological polar surface area (TPSA) is 47.9 Å². The maximum atomic E-state index is 10.9. The van der Waals surface area contributed by atoms with Gasteiger partial charge in [0.15, 0.2) is 0 Å². The van der Waals surface area contributed by atoms with Gasteiger partial charge in [0.05, 0.1) is 12.8 Å². The molecule has 128 valence electrons. The van der Waals surface area contributed by atoms with Crippen LogP contribution in [0.1, 0.15) is 72.1 Å². The molecule has 0 aromatic heterocycles. The first-order valence-corrected chi connectivity index (χ1v) is 7.99. The predicted molar refractivity (Wildman–Crippen MR) is 94.4 cm³/mol. The Morgan fingerprint density at radius 2 is 1.57 bits per heavy atom. The zero-order valence-electron chi connectivity index (χ0n) is 15.6. The van der Waals surface area contributed by atoms with Crippen LogP contribution >= 0.6 is 0 Å². The third kappa shape index (κ3) is 5.38. The minimum Gasteiger partial charge on any atom is -0.493 e. The Labute approximate surface area is 139 Å². The summed E-state index contributed by atoms with van der Waals surface area (Å²) in [7, 11) is 0. The van der Waals surface area contributed by atoms with E-state index in [1.807, 2.05) is 19.1 Å². The molecular formula is C19H29NO3. The van der Waals surface area contributed by atoms with Crippen LogP contribution in [0.5, 0.6) is 5.75 Å². The first-order valence-electron chi connectivity index (χ1n) is 7.99. The lowest BCUT2D eigenvalue weighted by Crippen LogP contribution is -2.20. The largest absolute Gasteiger partial charge is 0.493 e. The summed E-state index contributed by atoms with van der Waals surface area (Å²) in [6.45, 7) is 16.9. The molecule has 23 heavy (non-hydrogen) atoms. The lowest BCUT2D eigenvalue weighted by molar-refractivity contribution is -0.140. The van der Waals surface area contributed by atoms with E-state index in [1.54, 1.807) is 6.21 Å². The van der Waals surface area contributed by atoms with Crippen molar-refractivity contribution in [1.82, 2.24) is 0 Å². The molecule has 0 aliphatic carbocycles. The van der Waals surface area contributed by atoms with Gasteiger partial charge in [0.2, 0.25) is 0 Å². The fraction of sp³-hybridized carbons (Fsp3) is 0.579. The molecule has 0 atom stereocenters. The first kappa shape index (κ1) is 19.2. The van der Waals surface area contributed by atoms with Crippen LogP contribution in [0.2, 0.25) is 0 Å². The van der Waals surface area contributed by atoms with Gasteiger partial charge in [0.1, 0.15) is 5.75 Å². The summed E-state index contributed by atoms with van der Waals surface area (Å²) >= 11 is 0. The van der Waals surface area contributed by atoms with Crippen LogP contribution < -0.4 is 4.74 Å². The lowest BCUT2D eigenvalue weighted by atomic mass is 9.78. The average molecular weight is 319 g/mol. The third-order valence-corrected chi connectivity index (χ3v) is 3.40. The number of carbonyl (C=O) groups excluding carboxylic acids is 1. The van der Waals surface area contributed by atoms with Crippen molar-refractivity contribution >= 4 is 12.2 Å². The van der Waals surface area contributed by atoms with Gasteiger partial charge in [-0.05, 0) is 35.4 Å². The number of ether oxygens (including phenoxy) is 1. The maximum absolute atomic E-state index is 10.9. The molecule has 1 aromatic rings. The highest BCUT2D eigenvalue weighted by Gasteiger charge is 2.27. The van der Waals surface area contributed by atoms with Gasteiger partial charge < -0.3 is 9.57 Å². The van der Waals surface area contributed by atoms with E-state index in [0.29, 0.717) is 6.61 Å². The highest BCUT2D eigenvalue weighted by atomic mass is 16.7. The summed E-state index contributed by atoms with van der Waals surface area (Å²) in [6, 6.07) is 4.10. The van der Waals surface area contributed by atoms with Crippen molar-refractivity contribution in [2.45, 2.75) is 66.2 Å². The van der Waals surface area contributed by atoms with E-state index in [0.717, 1.165) is 22.4 Å². The smallest absolute Gasteiger partial charge is 0.331 e. The first-order chi connectivity index (χ1) is 10.5. The molecule has 0 fully saturated rings. The Morgan fingerprint density at radius 1 is 1.09 bits per heavy atom. The standard InChI is InChI=1S/C19H29NO3/c1-9-22-17-15(18(3,4)5)10-14(12-20-23-13(2)21)11-16(17)19(6,7)8/h10-12H,9H2,1-8H3/b20-12+. The molecule has 4 nitrogen and oxygen atoms in total. The van der Waals surface area contributed by atoms with Crippen molar-refractivity contribution in [1.29, 1.82) is 0 Å². The molecule has 1 aromatic carbocycles. The van der Waals surface area contributed by atoms with Gasteiger partial charge in [-0.3, -0.25) is 0 Å². The van der Waals surface area contributed by atoms with E-state index in [4.69, 9.17) is 4.74 Å². The Morgan fingerprint density at radius 3 is 1.91 bits per heavy atom. The van der Waals surface area contributed by atoms with Crippen LogP contribution in [0.4, 0.5) is 0 Å². The molecule has 0 saturated carbocycles. The molecule has 0 bridgehead atoms. The average Bonchev–Trinajstić information content (AvgIpc) is 2.37. The number of oxime groups is 1. The fourth-order valence-electron chi connectivity index (χ4n) is 2.30. The molecule has 0 amide bonds. The van der Waals surface area contributed by atoms with Crippen molar-refractivity contribution in [3.05, 3.63) is 28.8 Å². The second kappa shape index (κ2) is 7.16. The number of hydrogen-bond acceptors (Lipinski definition) is 4. The minimum atomic E-state index is -0.431. The monoisotopic (exact) mass is 319 g/mol. The number of rotatable bonds is 4. The molecule has 0 spiro atoms. The summed E-state index contributed by atoms with van der Waals surface area (Å²) in [5.74, 6) is 0.511. The number of benzene rings is 1.